The first-order valence-electron chi connectivity index (χ1n) is 25.2. The number of rotatable bonds is 8. The topological polar surface area (TPSA) is 159 Å². The second kappa shape index (κ2) is 15.2. The summed E-state index contributed by atoms with van der Waals surface area (Å²) in [6, 6.07) is 46.5. The monoisotopic (exact) mass is 1000 g/mol. The van der Waals surface area contributed by atoms with Crippen LogP contribution in [0.15, 0.2) is 158 Å². The van der Waals surface area contributed by atoms with Gasteiger partial charge in [-0.1, -0.05) is 84.9 Å². The van der Waals surface area contributed by atoms with Gasteiger partial charge in [0.1, 0.15) is 0 Å². The van der Waals surface area contributed by atoms with Gasteiger partial charge in [-0.3, -0.25) is 48.2 Å². The molecule has 0 saturated carbocycles. The minimum Gasteiger partial charge on any atom is -0.378 e. The predicted molar refractivity (Wildman–Crippen MR) is 292 cm³/mol. The number of imide groups is 4. The van der Waals surface area contributed by atoms with Crippen molar-refractivity contribution in [3.63, 3.8) is 0 Å². The lowest BCUT2D eigenvalue weighted by Gasteiger charge is -2.30. The van der Waals surface area contributed by atoms with E-state index in [-0.39, 0.29) is 26.3 Å². The number of hydrogen-bond donors (Lipinski definition) is 0. The second-order valence-corrected chi connectivity index (χ2v) is 20.0. The van der Waals surface area contributed by atoms with E-state index in [1.54, 1.807) is 97.1 Å². The Balaban J connectivity index is 0.661. The van der Waals surface area contributed by atoms with Crippen LogP contribution >= 0.6 is 0 Å². The molecule has 364 valence electrons. The summed E-state index contributed by atoms with van der Waals surface area (Å²) in [6.45, 7) is -0.289. The maximum Gasteiger partial charge on any atom is 0.265 e. The van der Waals surface area contributed by atoms with Crippen molar-refractivity contribution < 1.29 is 43.1 Å². The molecule has 13 heteroatoms. The third kappa shape index (κ3) is 5.44. The third-order valence-corrected chi connectivity index (χ3v) is 16.4. The summed E-state index contributed by atoms with van der Waals surface area (Å²) in [6.07, 6.45) is 0. The van der Waals surface area contributed by atoms with Crippen molar-refractivity contribution in [3.05, 3.63) is 202 Å². The van der Waals surface area contributed by atoms with Crippen LogP contribution in [-0.2, 0) is 4.74 Å². The van der Waals surface area contributed by atoms with Gasteiger partial charge in [0.05, 0.1) is 37.7 Å². The molecule has 0 aliphatic carbocycles. The fourth-order valence-electron chi connectivity index (χ4n) is 13.1. The van der Waals surface area contributed by atoms with Gasteiger partial charge >= 0.3 is 0 Å². The van der Waals surface area contributed by atoms with Gasteiger partial charge in [-0.05, 0) is 137 Å². The Bertz CT molecular complexity index is 4310. The average Bonchev–Trinajstić information content (AvgIpc) is 3.65. The van der Waals surface area contributed by atoms with Crippen molar-refractivity contribution in [2.24, 2.45) is 0 Å². The molecule has 16 rings (SSSR count). The molecule has 12 aromatic rings. The summed E-state index contributed by atoms with van der Waals surface area (Å²) in [7, 11) is 0. The van der Waals surface area contributed by atoms with E-state index >= 15 is 0 Å². The number of anilines is 2. The molecular formula is C64H34N4O9. The summed E-state index contributed by atoms with van der Waals surface area (Å²) >= 11 is 0. The molecule has 4 aliphatic rings. The first-order chi connectivity index (χ1) is 37.6. The Kier molecular flexibility index (Phi) is 8.52. The Morgan fingerprint density at radius 3 is 0.701 bits per heavy atom. The molecule has 0 N–H and O–H groups in total. The molecule has 0 unspecified atom stereocenters. The van der Waals surface area contributed by atoms with Crippen molar-refractivity contribution in [1.29, 1.82) is 0 Å². The van der Waals surface area contributed by atoms with Crippen molar-refractivity contribution in [2.75, 3.05) is 36.1 Å². The lowest BCUT2D eigenvalue weighted by molar-refractivity contribution is 0.0453. The van der Waals surface area contributed by atoms with E-state index in [2.05, 4.69) is 0 Å². The SMILES string of the molecule is O=C1c2ccc3c4ccc5c6c(ccc(c7ccc(c2c37)C(=O)N1CCOCCN1C(=O)c2ccc3c7ccc8c9c(ccc(c%10ccc(c2c3%10)C1=O)c97)C(=O)N(c1ccccc1)C8=O)c64)C(=O)N(c1ccccc1)C5=O. The molecule has 0 aromatic heterocycles. The smallest absolute Gasteiger partial charge is 0.265 e. The Morgan fingerprint density at radius 2 is 0.468 bits per heavy atom. The number of fused-ring (bicyclic) bond motifs is 4. The molecule has 0 fully saturated rings. The predicted octanol–water partition coefficient (Wildman–Crippen LogP) is 11.3. The molecular weight excluding hydrogens is 969 g/mol. The standard InChI is InChI=1S/C64H34N4O9/c69-57-41-19-11-33-37-15-23-45-55-46(62(74)67(61(45)73)31-7-3-1-4-8-31)24-16-38(51(37)55)34-12-20-42(53(41)49(33)34)58(70)65(57)27-29-77-30-28-66-59(71)43-21-13-35-39-17-25-47-56-48(64(76)68(63(47)75)32-9-5-2-6-10-32)26-18-40(52(39)56)36-14-22-44(60(66)72)54(43)50(35)36/h1-26H,27-30H2. The summed E-state index contributed by atoms with van der Waals surface area (Å²) in [5, 5.41) is 11.5. The highest BCUT2D eigenvalue weighted by Crippen LogP contribution is 2.49. The van der Waals surface area contributed by atoms with Gasteiger partial charge in [-0.25, -0.2) is 9.80 Å². The molecule has 77 heavy (non-hydrogen) atoms. The fraction of sp³-hybridized carbons (Fsp3) is 0.0625. The summed E-state index contributed by atoms with van der Waals surface area (Å²) in [5.41, 5.74) is 4.02. The first-order valence-corrected chi connectivity index (χ1v) is 25.2. The lowest BCUT2D eigenvalue weighted by atomic mass is 9.82. The Labute approximate surface area is 434 Å². The minimum atomic E-state index is -0.485. The zero-order chi connectivity index (χ0) is 51.9. The number of hydrogen-bond acceptors (Lipinski definition) is 9. The van der Waals surface area contributed by atoms with Gasteiger partial charge in [-0.2, -0.15) is 0 Å². The third-order valence-electron chi connectivity index (χ3n) is 16.4. The molecule has 0 saturated heterocycles. The van der Waals surface area contributed by atoms with E-state index in [1.165, 1.54) is 9.80 Å². The van der Waals surface area contributed by atoms with Crippen LogP contribution in [-0.4, -0.2) is 83.4 Å². The molecule has 13 nitrogen and oxygen atoms in total. The van der Waals surface area contributed by atoms with E-state index in [0.717, 1.165) is 74.4 Å². The van der Waals surface area contributed by atoms with Gasteiger partial charge in [0.15, 0.2) is 0 Å². The highest BCUT2D eigenvalue weighted by molar-refractivity contribution is 6.46. The molecule has 0 radical (unpaired) electrons. The largest absolute Gasteiger partial charge is 0.378 e. The number of carbonyl (C=O) groups excluding carboxylic acids is 8. The highest BCUT2D eigenvalue weighted by Gasteiger charge is 2.40. The molecule has 12 aromatic carbocycles. The minimum absolute atomic E-state index is 0.0592. The maximum absolute atomic E-state index is 14.3. The molecule has 0 spiro atoms. The maximum atomic E-state index is 14.3. The van der Waals surface area contributed by atoms with Crippen LogP contribution in [0.1, 0.15) is 82.9 Å². The number of benzene rings is 12. The number of para-hydroxylation sites is 2. The van der Waals surface area contributed by atoms with Crippen LogP contribution in [0, 0.1) is 0 Å². The lowest BCUT2D eigenvalue weighted by Crippen LogP contribution is -2.43. The Morgan fingerprint density at radius 1 is 0.247 bits per heavy atom. The molecule has 0 atom stereocenters. The second-order valence-electron chi connectivity index (χ2n) is 20.0. The zero-order valence-electron chi connectivity index (χ0n) is 40.3. The zero-order valence-corrected chi connectivity index (χ0v) is 40.3. The summed E-state index contributed by atoms with van der Waals surface area (Å²) in [4.78, 5) is 118. The van der Waals surface area contributed by atoms with Crippen LogP contribution in [0.5, 0.6) is 0 Å². The van der Waals surface area contributed by atoms with Crippen LogP contribution < -0.4 is 9.80 Å². The number of nitrogens with zero attached hydrogens (tertiary/aromatic N) is 4. The van der Waals surface area contributed by atoms with Gasteiger partial charge in [0.2, 0.25) is 0 Å². The van der Waals surface area contributed by atoms with E-state index in [0.29, 0.717) is 77.4 Å². The van der Waals surface area contributed by atoms with Crippen molar-refractivity contribution in [2.45, 2.75) is 0 Å². The molecule has 8 amide bonds. The number of ether oxygens (including phenoxy) is 1. The van der Waals surface area contributed by atoms with Gasteiger partial charge in [0, 0.05) is 66.1 Å². The van der Waals surface area contributed by atoms with Crippen molar-refractivity contribution in [3.8, 4) is 0 Å². The van der Waals surface area contributed by atoms with Gasteiger partial charge < -0.3 is 4.74 Å². The van der Waals surface area contributed by atoms with E-state index in [9.17, 15) is 38.4 Å². The summed E-state index contributed by atoms with van der Waals surface area (Å²) < 4.78 is 5.99. The number of carbonyl (C=O) groups is 8. The molecule has 0 bridgehead atoms. The van der Waals surface area contributed by atoms with Gasteiger partial charge in [0.25, 0.3) is 47.3 Å². The van der Waals surface area contributed by atoms with Crippen LogP contribution in [0.25, 0.3) is 86.2 Å². The Hall–Kier alpha value is -10.2. The fourth-order valence-corrected chi connectivity index (χ4v) is 13.1. The van der Waals surface area contributed by atoms with Crippen LogP contribution in [0.2, 0.25) is 0 Å². The van der Waals surface area contributed by atoms with Gasteiger partial charge in [-0.15, -0.1) is 0 Å². The number of amides is 8. The van der Waals surface area contributed by atoms with Crippen LogP contribution in [0.4, 0.5) is 11.4 Å². The quantitative estimate of drug-likeness (QED) is 0.0625. The van der Waals surface area contributed by atoms with Crippen LogP contribution in [0.3, 0.4) is 0 Å². The first kappa shape index (κ1) is 43.2. The summed E-state index contributed by atoms with van der Waals surface area (Å²) in [5.74, 6) is -3.60. The van der Waals surface area contributed by atoms with Crippen molar-refractivity contribution in [1.82, 2.24) is 9.80 Å². The van der Waals surface area contributed by atoms with E-state index in [1.807, 2.05) is 60.7 Å². The average molecular weight is 1000 g/mol. The molecule has 4 heterocycles. The van der Waals surface area contributed by atoms with Crippen molar-refractivity contribution >= 4 is 145 Å². The normalized spacial score (nSPS) is 15.4. The molecule has 4 aliphatic heterocycles. The van der Waals surface area contributed by atoms with E-state index in [4.69, 9.17) is 4.74 Å². The highest BCUT2D eigenvalue weighted by atomic mass is 16.5. The van der Waals surface area contributed by atoms with E-state index < -0.39 is 47.3 Å².